The number of hydrogen-bond acceptors (Lipinski definition) is 5. The second kappa shape index (κ2) is 7.34. The van der Waals surface area contributed by atoms with Crippen molar-refractivity contribution in [1.82, 2.24) is 9.55 Å². The molecule has 23 heavy (non-hydrogen) atoms. The van der Waals surface area contributed by atoms with Crippen molar-refractivity contribution in [2.24, 2.45) is 11.7 Å². The van der Waals surface area contributed by atoms with E-state index in [4.69, 9.17) is 10.5 Å². The Morgan fingerprint density at radius 1 is 1.43 bits per heavy atom. The maximum atomic E-state index is 12.4. The predicted octanol–water partition coefficient (Wildman–Crippen LogP) is 0.965. The molecule has 0 fully saturated rings. The molecule has 2 aromatic rings. The first-order valence-electron chi connectivity index (χ1n) is 7.48. The summed E-state index contributed by atoms with van der Waals surface area (Å²) in [6.45, 7) is 4.60. The quantitative estimate of drug-likeness (QED) is 0.826. The highest BCUT2D eigenvalue weighted by Gasteiger charge is 2.17. The first-order valence-corrected chi connectivity index (χ1v) is 7.48. The van der Waals surface area contributed by atoms with E-state index in [0.29, 0.717) is 29.7 Å². The standard InChI is InChI=1S/C16H22N4O3/c1-10(2)14(17)15(21)19-11-4-5-13-12(8-11)16(22)20(9-18-13)6-7-23-3/h4-5,8-10,14H,6-7,17H2,1-3H3,(H,19,21). The van der Waals surface area contributed by atoms with E-state index in [1.165, 1.54) is 10.9 Å². The van der Waals surface area contributed by atoms with Crippen LogP contribution in [0.25, 0.3) is 10.9 Å². The maximum Gasteiger partial charge on any atom is 0.261 e. The number of benzene rings is 1. The minimum atomic E-state index is -0.599. The van der Waals surface area contributed by atoms with Crippen LogP contribution in [0.2, 0.25) is 0 Å². The molecule has 0 radical (unpaired) electrons. The molecule has 0 spiro atoms. The monoisotopic (exact) mass is 318 g/mol. The van der Waals surface area contributed by atoms with Crippen molar-refractivity contribution >= 4 is 22.5 Å². The number of nitrogens with zero attached hydrogens (tertiary/aromatic N) is 2. The van der Waals surface area contributed by atoms with Crippen LogP contribution in [-0.2, 0) is 16.1 Å². The number of hydrogen-bond donors (Lipinski definition) is 2. The molecule has 1 amide bonds. The zero-order chi connectivity index (χ0) is 17.0. The molecule has 1 heterocycles. The number of fused-ring (bicyclic) bond motifs is 1. The molecule has 0 aliphatic heterocycles. The highest BCUT2D eigenvalue weighted by molar-refractivity contribution is 5.96. The molecule has 1 aromatic carbocycles. The van der Waals surface area contributed by atoms with Crippen LogP contribution in [0.3, 0.4) is 0 Å². The summed E-state index contributed by atoms with van der Waals surface area (Å²) in [6.07, 6.45) is 1.50. The van der Waals surface area contributed by atoms with Gasteiger partial charge in [-0.1, -0.05) is 13.8 Å². The normalized spacial score (nSPS) is 12.6. The van der Waals surface area contributed by atoms with Gasteiger partial charge in [0.05, 0.1) is 36.4 Å². The Morgan fingerprint density at radius 3 is 2.83 bits per heavy atom. The third kappa shape index (κ3) is 3.94. The van der Waals surface area contributed by atoms with Gasteiger partial charge in [-0.2, -0.15) is 0 Å². The van der Waals surface area contributed by atoms with Crippen molar-refractivity contribution in [2.75, 3.05) is 19.0 Å². The molecule has 1 unspecified atom stereocenters. The smallest absolute Gasteiger partial charge is 0.261 e. The summed E-state index contributed by atoms with van der Waals surface area (Å²) < 4.78 is 6.46. The van der Waals surface area contributed by atoms with E-state index in [2.05, 4.69) is 10.3 Å². The molecular formula is C16H22N4O3. The Morgan fingerprint density at radius 2 is 2.17 bits per heavy atom. The van der Waals surface area contributed by atoms with Crippen molar-refractivity contribution in [3.8, 4) is 0 Å². The topological polar surface area (TPSA) is 99.2 Å². The molecule has 0 bridgehead atoms. The van der Waals surface area contributed by atoms with Crippen molar-refractivity contribution < 1.29 is 9.53 Å². The minimum absolute atomic E-state index is 0.0309. The summed E-state index contributed by atoms with van der Waals surface area (Å²) in [4.78, 5) is 28.7. The van der Waals surface area contributed by atoms with Crippen LogP contribution in [0.1, 0.15) is 13.8 Å². The van der Waals surface area contributed by atoms with E-state index >= 15 is 0 Å². The lowest BCUT2D eigenvalue weighted by Crippen LogP contribution is -2.39. The van der Waals surface area contributed by atoms with Gasteiger partial charge in [0.1, 0.15) is 0 Å². The molecule has 3 N–H and O–H groups in total. The van der Waals surface area contributed by atoms with Gasteiger partial charge in [0.2, 0.25) is 5.91 Å². The van der Waals surface area contributed by atoms with Crippen molar-refractivity contribution in [1.29, 1.82) is 0 Å². The first-order chi connectivity index (χ1) is 10.9. The molecule has 7 nitrogen and oxygen atoms in total. The van der Waals surface area contributed by atoms with Gasteiger partial charge in [-0.25, -0.2) is 4.98 Å². The Kier molecular flexibility index (Phi) is 5.46. The maximum absolute atomic E-state index is 12.4. The molecule has 0 aliphatic carbocycles. The Labute approximate surface area is 134 Å². The van der Waals surface area contributed by atoms with Crippen LogP contribution < -0.4 is 16.6 Å². The number of amides is 1. The lowest BCUT2D eigenvalue weighted by molar-refractivity contribution is -0.118. The van der Waals surface area contributed by atoms with Crippen LogP contribution in [0.5, 0.6) is 0 Å². The zero-order valence-corrected chi connectivity index (χ0v) is 13.6. The first kappa shape index (κ1) is 17.1. The summed E-state index contributed by atoms with van der Waals surface area (Å²) in [6, 6.07) is 4.43. The number of ether oxygens (including phenoxy) is 1. The minimum Gasteiger partial charge on any atom is -0.383 e. The Balaban J connectivity index is 2.31. The summed E-state index contributed by atoms with van der Waals surface area (Å²) in [5.74, 6) is -0.244. The van der Waals surface area contributed by atoms with Crippen LogP contribution in [0.15, 0.2) is 29.3 Å². The van der Waals surface area contributed by atoms with Crippen LogP contribution in [-0.4, -0.2) is 35.2 Å². The molecule has 1 atom stereocenters. The molecule has 0 saturated heterocycles. The number of nitrogens with one attached hydrogen (secondary N) is 1. The van der Waals surface area contributed by atoms with Gasteiger partial charge in [-0.3, -0.25) is 14.2 Å². The third-order valence-electron chi connectivity index (χ3n) is 3.65. The molecule has 124 valence electrons. The molecular weight excluding hydrogens is 296 g/mol. The largest absolute Gasteiger partial charge is 0.383 e. The summed E-state index contributed by atoms with van der Waals surface area (Å²) in [5.41, 5.74) is 6.76. The van der Waals surface area contributed by atoms with Gasteiger partial charge in [-0.05, 0) is 24.1 Å². The van der Waals surface area contributed by atoms with E-state index in [1.807, 2.05) is 13.8 Å². The Hall–Kier alpha value is -2.25. The average Bonchev–Trinajstić information content (AvgIpc) is 2.53. The van der Waals surface area contributed by atoms with Gasteiger partial charge in [-0.15, -0.1) is 0 Å². The molecule has 7 heteroatoms. The lowest BCUT2D eigenvalue weighted by Gasteiger charge is -2.15. The number of carbonyl (C=O) groups is 1. The fraction of sp³-hybridized carbons (Fsp3) is 0.438. The van der Waals surface area contributed by atoms with Crippen molar-refractivity contribution in [2.45, 2.75) is 26.4 Å². The van der Waals surface area contributed by atoms with E-state index in [9.17, 15) is 9.59 Å². The molecule has 2 rings (SSSR count). The van der Waals surface area contributed by atoms with Gasteiger partial charge >= 0.3 is 0 Å². The highest BCUT2D eigenvalue weighted by Crippen LogP contribution is 2.15. The van der Waals surface area contributed by atoms with E-state index in [0.717, 1.165) is 0 Å². The van der Waals surface area contributed by atoms with E-state index in [1.54, 1.807) is 25.3 Å². The number of carbonyl (C=O) groups excluding carboxylic acids is 1. The van der Waals surface area contributed by atoms with Gasteiger partial charge in [0, 0.05) is 12.8 Å². The highest BCUT2D eigenvalue weighted by atomic mass is 16.5. The fourth-order valence-corrected chi connectivity index (χ4v) is 2.11. The average molecular weight is 318 g/mol. The van der Waals surface area contributed by atoms with Crippen LogP contribution in [0.4, 0.5) is 5.69 Å². The van der Waals surface area contributed by atoms with Crippen LogP contribution in [0, 0.1) is 5.92 Å². The van der Waals surface area contributed by atoms with Crippen LogP contribution >= 0.6 is 0 Å². The van der Waals surface area contributed by atoms with E-state index < -0.39 is 6.04 Å². The van der Waals surface area contributed by atoms with Gasteiger partial charge < -0.3 is 15.8 Å². The number of anilines is 1. The third-order valence-corrected chi connectivity index (χ3v) is 3.65. The van der Waals surface area contributed by atoms with E-state index in [-0.39, 0.29) is 17.4 Å². The second-order valence-corrected chi connectivity index (χ2v) is 5.73. The second-order valence-electron chi connectivity index (χ2n) is 5.73. The predicted molar refractivity (Wildman–Crippen MR) is 89.3 cm³/mol. The van der Waals surface area contributed by atoms with Gasteiger partial charge in [0.25, 0.3) is 5.56 Å². The van der Waals surface area contributed by atoms with Crippen molar-refractivity contribution in [3.05, 3.63) is 34.9 Å². The van der Waals surface area contributed by atoms with Gasteiger partial charge in [0.15, 0.2) is 0 Å². The number of nitrogens with two attached hydrogens (primary N) is 1. The summed E-state index contributed by atoms with van der Waals surface area (Å²) in [7, 11) is 1.57. The summed E-state index contributed by atoms with van der Waals surface area (Å²) in [5, 5.41) is 3.18. The SMILES string of the molecule is COCCn1cnc2ccc(NC(=O)C(N)C(C)C)cc2c1=O. The zero-order valence-electron chi connectivity index (χ0n) is 13.6. The lowest BCUT2D eigenvalue weighted by atomic mass is 10.0. The number of aromatic nitrogens is 2. The molecule has 0 saturated carbocycles. The molecule has 1 aromatic heterocycles. The summed E-state index contributed by atoms with van der Waals surface area (Å²) >= 11 is 0. The fourth-order valence-electron chi connectivity index (χ4n) is 2.11. The Bertz CT molecular complexity index is 755. The van der Waals surface area contributed by atoms with Crippen molar-refractivity contribution in [3.63, 3.8) is 0 Å². The molecule has 0 aliphatic rings. The number of methoxy groups -OCH3 is 1. The number of rotatable bonds is 6.